The van der Waals surface area contributed by atoms with Crippen LogP contribution < -0.4 is 0 Å². The van der Waals surface area contributed by atoms with Crippen molar-refractivity contribution in [2.45, 2.75) is 13.1 Å². The fourth-order valence-corrected chi connectivity index (χ4v) is 1.83. The van der Waals surface area contributed by atoms with Crippen molar-refractivity contribution in [3.05, 3.63) is 18.2 Å². The van der Waals surface area contributed by atoms with Crippen LogP contribution in [0, 0.1) is 0 Å². The van der Waals surface area contributed by atoms with Gasteiger partial charge in [0.05, 0.1) is 11.9 Å². The van der Waals surface area contributed by atoms with E-state index in [9.17, 15) is 4.79 Å². The van der Waals surface area contributed by atoms with Gasteiger partial charge in [-0.1, -0.05) is 15.9 Å². The molecule has 0 saturated heterocycles. The average molecular weight is 244 g/mol. The third kappa shape index (κ3) is 1.60. The molecule has 4 nitrogen and oxygen atoms in total. The predicted molar refractivity (Wildman–Crippen MR) is 51.4 cm³/mol. The van der Waals surface area contributed by atoms with Crippen molar-refractivity contribution >= 4 is 21.8 Å². The van der Waals surface area contributed by atoms with E-state index in [-0.39, 0.29) is 5.91 Å². The molecule has 1 aromatic heterocycles. The smallest absolute Gasteiger partial charge is 0.233 e. The van der Waals surface area contributed by atoms with Crippen molar-refractivity contribution < 1.29 is 4.79 Å². The second-order valence-electron chi connectivity index (χ2n) is 2.99. The molecule has 0 unspecified atom stereocenters. The van der Waals surface area contributed by atoms with E-state index < -0.39 is 0 Å². The Bertz CT molecular complexity index is 323. The van der Waals surface area contributed by atoms with E-state index >= 15 is 0 Å². The highest BCUT2D eigenvalue weighted by atomic mass is 79.9. The topological polar surface area (TPSA) is 38.1 Å². The monoisotopic (exact) mass is 243 g/mol. The lowest BCUT2D eigenvalue weighted by Gasteiger charge is -2.26. The van der Waals surface area contributed by atoms with Crippen LogP contribution in [0.4, 0.5) is 0 Å². The molecule has 0 radical (unpaired) electrons. The molecule has 70 valence electrons. The molecule has 0 aliphatic carbocycles. The summed E-state index contributed by atoms with van der Waals surface area (Å²) in [5, 5.41) is 0.397. The lowest BCUT2D eigenvalue weighted by molar-refractivity contribution is -0.129. The fraction of sp³-hybridized carbons (Fsp3) is 0.500. The van der Waals surface area contributed by atoms with E-state index in [1.54, 1.807) is 6.20 Å². The number of aromatic nitrogens is 2. The third-order valence-electron chi connectivity index (χ3n) is 2.21. The van der Waals surface area contributed by atoms with Crippen molar-refractivity contribution in [1.29, 1.82) is 0 Å². The summed E-state index contributed by atoms with van der Waals surface area (Å²) in [6, 6.07) is 0. The van der Waals surface area contributed by atoms with Crippen LogP contribution in [0.1, 0.15) is 5.82 Å². The SMILES string of the molecule is O=C(CBr)N1CCn2ccnc2C1. The predicted octanol–water partition coefficient (Wildman–Crippen LogP) is 0.620. The number of carbonyl (C=O) groups excluding carboxylic acids is 1. The standard InChI is InChI=1S/C8H10BrN3O/c9-5-8(13)12-4-3-11-2-1-10-7(11)6-12/h1-2H,3-6H2. The maximum atomic E-state index is 11.3. The van der Waals surface area contributed by atoms with Gasteiger partial charge in [-0.05, 0) is 0 Å². The molecule has 1 aromatic rings. The maximum Gasteiger partial charge on any atom is 0.233 e. The highest BCUT2D eigenvalue weighted by Crippen LogP contribution is 2.10. The van der Waals surface area contributed by atoms with E-state index in [1.165, 1.54) is 0 Å². The molecule has 0 fully saturated rings. The van der Waals surface area contributed by atoms with Gasteiger partial charge in [0.2, 0.25) is 5.91 Å². The Hall–Kier alpha value is -0.840. The third-order valence-corrected chi connectivity index (χ3v) is 2.69. The lowest BCUT2D eigenvalue weighted by Crippen LogP contribution is -2.38. The van der Waals surface area contributed by atoms with Gasteiger partial charge in [0, 0.05) is 25.5 Å². The number of rotatable bonds is 1. The second kappa shape index (κ2) is 3.49. The molecule has 2 rings (SSSR count). The van der Waals surface area contributed by atoms with Crippen LogP contribution in [-0.2, 0) is 17.9 Å². The van der Waals surface area contributed by atoms with Gasteiger partial charge in [0.25, 0.3) is 0 Å². The van der Waals surface area contributed by atoms with Gasteiger partial charge in [-0.3, -0.25) is 4.79 Å². The zero-order chi connectivity index (χ0) is 9.26. The summed E-state index contributed by atoms with van der Waals surface area (Å²) in [4.78, 5) is 17.3. The number of fused-ring (bicyclic) bond motifs is 1. The number of hydrogen-bond donors (Lipinski definition) is 0. The Kier molecular flexibility index (Phi) is 2.35. The van der Waals surface area contributed by atoms with Gasteiger partial charge >= 0.3 is 0 Å². The summed E-state index contributed by atoms with van der Waals surface area (Å²) in [7, 11) is 0. The van der Waals surface area contributed by atoms with Gasteiger partial charge in [-0.25, -0.2) is 4.98 Å². The van der Waals surface area contributed by atoms with Gasteiger partial charge < -0.3 is 9.47 Å². The Balaban J connectivity index is 2.13. The average Bonchev–Trinajstić information content (AvgIpc) is 2.63. The Morgan fingerprint density at radius 3 is 3.23 bits per heavy atom. The van der Waals surface area contributed by atoms with Crippen LogP contribution in [0.3, 0.4) is 0 Å². The minimum Gasteiger partial charge on any atom is -0.333 e. The van der Waals surface area contributed by atoms with Crippen LogP contribution in [0.2, 0.25) is 0 Å². The molecule has 5 heteroatoms. The maximum absolute atomic E-state index is 11.3. The normalized spacial score (nSPS) is 15.6. The van der Waals surface area contributed by atoms with Crippen molar-refractivity contribution in [3.8, 4) is 0 Å². The highest BCUT2D eigenvalue weighted by Gasteiger charge is 2.19. The summed E-state index contributed by atoms with van der Waals surface area (Å²) in [5.74, 6) is 1.11. The summed E-state index contributed by atoms with van der Waals surface area (Å²) in [5.41, 5.74) is 0. The molecule has 2 heterocycles. The number of alkyl halides is 1. The van der Waals surface area contributed by atoms with E-state index in [0.29, 0.717) is 11.9 Å². The van der Waals surface area contributed by atoms with E-state index in [0.717, 1.165) is 18.9 Å². The molecular weight excluding hydrogens is 234 g/mol. The lowest BCUT2D eigenvalue weighted by atomic mass is 10.3. The first-order valence-corrected chi connectivity index (χ1v) is 5.27. The molecular formula is C8H10BrN3O. The van der Waals surface area contributed by atoms with E-state index in [2.05, 4.69) is 25.5 Å². The molecule has 0 N–H and O–H groups in total. The fourth-order valence-electron chi connectivity index (χ4n) is 1.47. The summed E-state index contributed by atoms with van der Waals surface area (Å²) < 4.78 is 2.08. The van der Waals surface area contributed by atoms with Gasteiger partial charge in [0.15, 0.2) is 0 Å². The quantitative estimate of drug-likeness (QED) is 0.679. The number of halogens is 1. The minimum absolute atomic E-state index is 0.134. The first kappa shape index (κ1) is 8.74. The Morgan fingerprint density at radius 2 is 2.46 bits per heavy atom. The van der Waals surface area contributed by atoms with Gasteiger partial charge in [-0.15, -0.1) is 0 Å². The molecule has 0 atom stereocenters. The number of amides is 1. The van der Waals surface area contributed by atoms with Crippen LogP contribution in [0.5, 0.6) is 0 Å². The number of nitrogens with zero attached hydrogens (tertiary/aromatic N) is 3. The van der Waals surface area contributed by atoms with Crippen molar-refractivity contribution in [2.75, 3.05) is 11.9 Å². The van der Waals surface area contributed by atoms with Crippen molar-refractivity contribution in [3.63, 3.8) is 0 Å². The molecule has 13 heavy (non-hydrogen) atoms. The largest absolute Gasteiger partial charge is 0.333 e. The Morgan fingerprint density at radius 1 is 1.62 bits per heavy atom. The first-order valence-electron chi connectivity index (χ1n) is 4.15. The van der Waals surface area contributed by atoms with Crippen molar-refractivity contribution in [2.24, 2.45) is 0 Å². The van der Waals surface area contributed by atoms with E-state index in [1.807, 2.05) is 11.1 Å². The van der Waals surface area contributed by atoms with Gasteiger partial charge in [-0.2, -0.15) is 0 Å². The molecule has 1 aliphatic rings. The number of carbonyl (C=O) groups is 1. The molecule has 0 bridgehead atoms. The highest BCUT2D eigenvalue weighted by molar-refractivity contribution is 9.09. The van der Waals surface area contributed by atoms with Crippen LogP contribution >= 0.6 is 15.9 Å². The van der Waals surface area contributed by atoms with Crippen LogP contribution in [0.15, 0.2) is 12.4 Å². The molecule has 0 saturated carbocycles. The molecule has 1 amide bonds. The number of imidazole rings is 1. The van der Waals surface area contributed by atoms with E-state index in [4.69, 9.17) is 0 Å². The zero-order valence-corrected chi connectivity index (χ0v) is 8.70. The van der Waals surface area contributed by atoms with Gasteiger partial charge in [0.1, 0.15) is 5.82 Å². The van der Waals surface area contributed by atoms with Crippen LogP contribution in [-0.4, -0.2) is 32.2 Å². The first-order chi connectivity index (χ1) is 6.31. The second-order valence-corrected chi connectivity index (χ2v) is 3.55. The molecule has 0 aromatic carbocycles. The summed E-state index contributed by atoms with van der Waals surface area (Å²) in [6.45, 7) is 2.28. The summed E-state index contributed by atoms with van der Waals surface area (Å²) >= 11 is 3.16. The minimum atomic E-state index is 0.134. The zero-order valence-electron chi connectivity index (χ0n) is 7.11. The molecule has 1 aliphatic heterocycles. The van der Waals surface area contributed by atoms with Crippen molar-refractivity contribution in [1.82, 2.24) is 14.5 Å². The molecule has 0 spiro atoms. The number of hydrogen-bond acceptors (Lipinski definition) is 2. The van der Waals surface area contributed by atoms with Crippen LogP contribution in [0.25, 0.3) is 0 Å². The summed E-state index contributed by atoms with van der Waals surface area (Å²) in [6.07, 6.45) is 3.72. The Labute approximate surface area is 84.7 Å².